The molecule has 0 radical (unpaired) electrons. The normalized spacial score (nSPS) is 16.2. The van der Waals surface area contributed by atoms with E-state index in [0.29, 0.717) is 16.6 Å². The molecule has 1 aromatic carbocycles. The van der Waals surface area contributed by atoms with E-state index in [4.69, 9.17) is 11.6 Å². The molecule has 5 heteroatoms. The molecule has 4 nitrogen and oxygen atoms in total. The van der Waals surface area contributed by atoms with Crippen LogP contribution in [0.1, 0.15) is 54.2 Å². The SMILES string of the molecule is O=Cc1nnn(-c2cccc(Cl)c2)c1C1CCCCC1. The highest BCUT2D eigenvalue weighted by molar-refractivity contribution is 6.30. The summed E-state index contributed by atoms with van der Waals surface area (Å²) in [5.74, 6) is 0.359. The summed E-state index contributed by atoms with van der Waals surface area (Å²) >= 11 is 6.04. The van der Waals surface area contributed by atoms with Gasteiger partial charge in [0.1, 0.15) is 5.69 Å². The van der Waals surface area contributed by atoms with E-state index in [2.05, 4.69) is 10.3 Å². The van der Waals surface area contributed by atoms with Gasteiger partial charge in [-0.25, -0.2) is 4.68 Å². The highest BCUT2D eigenvalue weighted by atomic mass is 35.5. The number of aromatic nitrogens is 3. The third-order valence-corrected chi connectivity index (χ3v) is 4.12. The first-order valence-corrected chi connectivity index (χ1v) is 7.34. The van der Waals surface area contributed by atoms with E-state index in [9.17, 15) is 4.79 Å². The van der Waals surface area contributed by atoms with Crippen LogP contribution in [-0.4, -0.2) is 21.3 Å². The minimum Gasteiger partial charge on any atom is -0.296 e. The molecule has 1 fully saturated rings. The van der Waals surface area contributed by atoms with Crippen molar-refractivity contribution in [2.24, 2.45) is 0 Å². The van der Waals surface area contributed by atoms with Gasteiger partial charge in [-0.2, -0.15) is 0 Å². The number of hydrogen-bond donors (Lipinski definition) is 0. The molecule has 1 aliphatic rings. The number of rotatable bonds is 3. The van der Waals surface area contributed by atoms with Gasteiger partial charge in [-0.05, 0) is 31.0 Å². The van der Waals surface area contributed by atoms with Gasteiger partial charge < -0.3 is 0 Å². The zero-order valence-electron chi connectivity index (χ0n) is 11.1. The number of aldehydes is 1. The maximum absolute atomic E-state index is 11.2. The summed E-state index contributed by atoms with van der Waals surface area (Å²) in [4.78, 5) is 11.2. The molecule has 1 aromatic heterocycles. The average Bonchev–Trinajstić information content (AvgIpc) is 2.92. The highest BCUT2D eigenvalue weighted by Gasteiger charge is 2.24. The maximum Gasteiger partial charge on any atom is 0.172 e. The van der Waals surface area contributed by atoms with Crippen molar-refractivity contribution in [1.82, 2.24) is 15.0 Å². The third-order valence-electron chi connectivity index (χ3n) is 3.89. The molecule has 3 rings (SSSR count). The topological polar surface area (TPSA) is 47.8 Å². The van der Waals surface area contributed by atoms with E-state index in [0.717, 1.165) is 30.5 Å². The molecular formula is C15H16ClN3O. The van der Waals surface area contributed by atoms with Crippen LogP contribution in [0.4, 0.5) is 0 Å². The fourth-order valence-corrected chi connectivity index (χ4v) is 3.13. The van der Waals surface area contributed by atoms with Gasteiger partial charge in [0.25, 0.3) is 0 Å². The van der Waals surface area contributed by atoms with Crippen molar-refractivity contribution in [2.75, 3.05) is 0 Å². The predicted octanol–water partition coefficient (Wildman–Crippen LogP) is 3.78. The van der Waals surface area contributed by atoms with Crippen molar-refractivity contribution in [2.45, 2.75) is 38.0 Å². The minimum atomic E-state index is 0.359. The van der Waals surface area contributed by atoms with Gasteiger partial charge in [0.2, 0.25) is 0 Å². The predicted molar refractivity (Wildman–Crippen MR) is 77.6 cm³/mol. The Morgan fingerprint density at radius 1 is 1.25 bits per heavy atom. The van der Waals surface area contributed by atoms with Gasteiger partial charge in [-0.15, -0.1) is 5.10 Å². The molecular weight excluding hydrogens is 274 g/mol. The van der Waals surface area contributed by atoms with Crippen molar-refractivity contribution in [3.63, 3.8) is 0 Å². The largest absolute Gasteiger partial charge is 0.296 e. The maximum atomic E-state index is 11.2. The van der Waals surface area contributed by atoms with Gasteiger partial charge in [-0.1, -0.05) is 42.1 Å². The Labute approximate surface area is 122 Å². The quantitative estimate of drug-likeness (QED) is 0.808. The smallest absolute Gasteiger partial charge is 0.172 e. The Balaban J connectivity index is 2.06. The molecule has 104 valence electrons. The van der Waals surface area contributed by atoms with E-state index in [1.807, 2.05) is 24.3 Å². The van der Waals surface area contributed by atoms with Crippen molar-refractivity contribution >= 4 is 17.9 Å². The summed E-state index contributed by atoms with van der Waals surface area (Å²) in [5, 5.41) is 8.82. The first-order valence-electron chi connectivity index (χ1n) is 6.96. The Kier molecular flexibility index (Phi) is 3.83. The molecule has 1 aliphatic carbocycles. The molecule has 1 heterocycles. The van der Waals surface area contributed by atoms with Crippen LogP contribution in [0.25, 0.3) is 5.69 Å². The van der Waals surface area contributed by atoms with Crippen LogP contribution in [0.3, 0.4) is 0 Å². The van der Waals surface area contributed by atoms with Crippen LogP contribution in [0.15, 0.2) is 24.3 Å². The summed E-state index contributed by atoms with van der Waals surface area (Å²) in [6, 6.07) is 7.48. The number of carbonyl (C=O) groups excluding carboxylic acids is 1. The molecule has 1 saturated carbocycles. The molecule has 2 aromatic rings. The first kappa shape index (κ1) is 13.3. The van der Waals surface area contributed by atoms with Crippen LogP contribution in [-0.2, 0) is 0 Å². The molecule has 0 saturated heterocycles. The second-order valence-electron chi connectivity index (χ2n) is 5.20. The summed E-state index contributed by atoms with van der Waals surface area (Å²) in [7, 11) is 0. The van der Waals surface area contributed by atoms with Gasteiger partial charge in [-0.3, -0.25) is 4.79 Å². The molecule has 0 bridgehead atoms. The monoisotopic (exact) mass is 289 g/mol. The van der Waals surface area contributed by atoms with Gasteiger partial charge >= 0.3 is 0 Å². The molecule has 0 aliphatic heterocycles. The van der Waals surface area contributed by atoms with E-state index in [1.165, 1.54) is 19.3 Å². The van der Waals surface area contributed by atoms with Crippen LogP contribution in [0.2, 0.25) is 5.02 Å². The van der Waals surface area contributed by atoms with Crippen molar-refractivity contribution in [3.05, 3.63) is 40.7 Å². The minimum absolute atomic E-state index is 0.359. The van der Waals surface area contributed by atoms with Crippen molar-refractivity contribution < 1.29 is 4.79 Å². The van der Waals surface area contributed by atoms with Crippen LogP contribution < -0.4 is 0 Å². The van der Waals surface area contributed by atoms with Crippen molar-refractivity contribution in [3.8, 4) is 5.69 Å². The van der Waals surface area contributed by atoms with E-state index < -0.39 is 0 Å². The van der Waals surface area contributed by atoms with E-state index in [1.54, 1.807) is 4.68 Å². The van der Waals surface area contributed by atoms with Crippen molar-refractivity contribution in [1.29, 1.82) is 0 Å². The van der Waals surface area contributed by atoms with Gasteiger partial charge in [0.15, 0.2) is 6.29 Å². The highest BCUT2D eigenvalue weighted by Crippen LogP contribution is 2.34. The molecule has 0 spiro atoms. The number of hydrogen-bond acceptors (Lipinski definition) is 3. The number of benzene rings is 1. The second kappa shape index (κ2) is 5.75. The lowest BCUT2D eigenvalue weighted by Crippen LogP contribution is -2.12. The summed E-state index contributed by atoms with van der Waals surface area (Å²) < 4.78 is 1.77. The molecule has 0 unspecified atom stereocenters. The molecule has 0 N–H and O–H groups in total. The second-order valence-corrected chi connectivity index (χ2v) is 5.64. The van der Waals surface area contributed by atoms with E-state index in [-0.39, 0.29) is 0 Å². The number of carbonyl (C=O) groups is 1. The van der Waals surface area contributed by atoms with E-state index >= 15 is 0 Å². The Bertz CT molecular complexity index is 617. The van der Waals surface area contributed by atoms with Gasteiger partial charge in [0, 0.05) is 10.9 Å². The Morgan fingerprint density at radius 2 is 2.05 bits per heavy atom. The molecule has 20 heavy (non-hydrogen) atoms. The zero-order chi connectivity index (χ0) is 13.9. The fraction of sp³-hybridized carbons (Fsp3) is 0.400. The number of halogens is 1. The summed E-state index contributed by atoms with van der Waals surface area (Å²) in [6.07, 6.45) is 6.65. The van der Waals surface area contributed by atoms with Gasteiger partial charge in [0.05, 0.1) is 11.4 Å². The Morgan fingerprint density at radius 3 is 2.75 bits per heavy atom. The summed E-state index contributed by atoms with van der Waals surface area (Å²) in [6.45, 7) is 0. The average molecular weight is 290 g/mol. The van der Waals surface area contributed by atoms with Crippen LogP contribution >= 0.6 is 11.6 Å². The zero-order valence-corrected chi connectivity index (χ0v) is 11.9. The fourth-order valence-electron chi connectivity index (χ4n) is 2.94. The van der Waals surface area contributed by atoms with Crippen LogP contribution in [0, 0.1) is 0 Å². The Hall–Kier alpha value is -1.68. The van der Waals surface area contributed by atoms with Crippen LogP contribution in [0.5, 0.6) is 0 Å². The molecule has 0 amide bonds. The first-order chi connectivity index (χ1) is 9.79. The number of nitrogens with zero attached hydrogens (tertiary/aromatic N) is 3. The third kappa shape index (κ3) is 2.48. The summed E-state index contributed by atoms with van der Waals surface area (Å²) in [5.41, 5.74) is 2.25. The lowest BCUT2D eigenvalue weighted by atomic mass is 9.86. The lowest BCUT2D eigenvalue weighted by molar-refractivity contribution is 0.111. The lowest BCUT2D eigenvalue weighted by Gasteiger charge is -2.22. The standard InChI is InChI=1S/C15H16ClN3O/c16-12-7-4-8-13(9-12)19-15(14(10-20)17-18-19)11-5-2-1-3-6-11/h4,7-11H,1-3,5-6H2. The molecule has 0 atom stereocenters.